The number of sulfonamides is 1. The average Bonchev–Trinajstić information content (AvgIpc) is 2.67. The van der Waals surface area contributed by atoms with E-state index in [0.29, 0.717) is 17.9 Å². The maximum absolute atomic E-state index is 12.4. The van der Waals surface area contributed by atoms with Crippen LogP contribution in [0.2, 0.25) is 0 Å². The number of aryl methyl sites for hydroxylation is 3. The highest BCUT2D eigenvalue weighted by atomic mass is 32.2. The highest BCUT2D eigenvalue weighted by Gasteiger charge is 2.18. The lowest BCUT2D eigenvalue weighted by atomic mass is 9.96. The van der Waals surface area contributed by atoms with Crippen LogP contribution in [-0.4, -0.2) is 34.2 Å². The van der Waals surface area contributed by atoms with E-state index in [4.69, 9.17) is 4.74 Å². The summed E-state index contributed by atoms with van der Waals surface area (Å²) in [6, 6.07) is 11.0. The normalized spacial score (nSPS) is 12.3. The number of carbonyl (C=O) groups is 1. The Kier molecular flexibility index (Phi) is 7.89. The van der Waals surface area contributed by atoms with Crippen LogP contribution in [0.1, 0.15) is 48.1 Å². The second-order valence-corrected chi connectivity index (χ2v) is 9.63. The summed E-state index contributed by atoms with van der Waals surface area (Å²) < 4.78 is 30.9. The lowest BCUT2D eigenvalue weighted by molar-refractivity contribution is -0.121. The van der Waals surface area contributed by atoms with Gasteiger partial charge in [-0.3, -0.25) is 9.10 Å². The molecule has 6 nitrogen and oxygen atoms in total. The van der Waals surface area contributed by atoms with Crippen LogP contribution >= 0.6 is 0 Å². The monoisotopic (exact) mass is 432 g/mol. The Morgan fingerprint density at radius 2 is 1.67 bits per heavy atom. The fraction of sp³-hybridized carbons (Fsp3) is 0.435. The van der Waals surface area contributed by atoms with Crippen LogP contribution in [-0.2, 0) is 14.8 Å². The number of nitrogens with zero attached hydrogens (tertiary/aromatic N) is 1. The fourth-order valence-corrected chi connectivity index (χ4v) is 4.42. The predicted molar refractivity (Wildman–Crippen MR) is 122 cm³/mol. The molecule has 0 bridgehead atoms. The van der Waals surface area contributed by atoms with Gasteiger partial charge in [0.1, 0.15) is 5.75 Å². The molecule has 0 aliphatic rings. The summed E-state index contributed by atoms with van der Waals surface area (Å²) in [5, 5.41) is 3.03. The van der Waals surface area contributed by atoms with Crippen molar-refractivity contribution in [3.63, 3.8) is 0 Å². The zero-order valence-corrected chi connectivity index (χ0v) is 19.5. The van der Waals surface area contributed by atoms with Crippen LogP contribution < -0.4 is 14.4 Å². The zero-order valence-electron chi connectivity index (χ0n) is 18.7. The number of hydrogen-bond donors (Lipinski definition) is 1. The van der Waals surface area contributed by atoms with Gasteiger partial charge < -0.3 is 10.1 Å². The quantitative estimate of drug-likeness (QED) is 0.649. The van der Waals surface area contributed by atoms with E-state index in [1.807, 2.05) is 13.8 Å². The Hall–Kier alpha value is -2.54. The molecule has 0 spiro atoms. The standard InChI is InChI=1S/C23H32N2O4S/c1-16-14-18(3)22(15-17(16)2)19(4)24-23(26)8-7-13-25(30(6,27)28)20-9-11-21(29-5)12-10-20/h9-12,14-15,19H,7-8,13H2,1-6H3,(H,24,26)/t19-/m1/s1. The van der Waals surface area contributed by atoms with E-state index in [1.165, 1.54) is 21.7 Å². The molecule has 0 aliphatic carbocycles. The van der Waals surface area contributed by atoms with E-state index in [-0.39, 0.29) is 24.9 Å². The number of hydrogen-bond acceptors (Lipinski definition) is 4. The van der Waals surface area contributed by atoms with Gasteiger partial charge in [0, 0.05) is 13.0 Å². The summed E-state index contributed by atoms with van der Waals surface area (Å²) in [4.78, 5) is 12.4. The number of methoxy groups -OCH3 is 1. The second-order valence-electron chi connectivity index (χ2n) is 7.72. The Balaban J connectivity index is 1.98. The van der Waals surface area contributed by atoms with Crippen molar-refractivity contribution in [2.75, 3.05) is 24.2 Å². The van der Waals surface area contributed by atoms with E-state index in [1.54, 1.807) is 31.4 Å². The molecule has 1 N–H and O–H groups in total. The van der Waals surface area contributed by atoms with Gasteiger partial charge in [0.05, 0.1) is 25.1 Å². The van der Waals surface area contributed by atoms with E-state index in [0.717, 1.165) is 11.1 Å². The van der Waals surface area contributed by atoms with Gasteiger partial charge >= 0.3 is 0 Å². The molecule has 1 amide bonds. The summed E-state index contributed by atoms with van der Waals surface area (Å²) in [5.74, 6) is 0.561. The Morgan fingerprint density at radius 3 is 2.23 bits per heavy atom. The van der Waals surface area contributed by atoms with Gasteiger partial charge in [0.25, 0.3) is 0 Å². The van der Waals surface area contributed by atoms with Crippen LogP contribution in [0.3, 0.4) is 0 Å². The summed E-state index contributed by atoms with van der Waals surface area (Å²) in [6.07, 6.45) is 1.84. The summed E-state index contributed by atoms with van der Waals surface area (Å²) in [7, 11) is -1.90. The van der Waals surface area contributed by atoms with Crippen molar-refractivity contribution in [3.05, 3.63) is 58.7 Å². The predicted octanol–water partition coefficient (Wildman–Crippen LogP) is 4.04. The van der Waals surface area contributed by atoms with Crippen LogP contribution in [0.25, 0.3) is 0 Å². The van der Waals surface area contributed by atoms with Gasteiger partial charge in [-0.1, -0.05) is 12.1 Å². The molecular formula is C23H32N2O4S. The molecule has 2 aromatic carbocycles. The molecule has 0 fully saturated rings. The van der Waals surface area contributed by atoms with E-state index >= 15 is 0 Å². The Labute approximate surface area is 180 Å². The van der Waals surface area contributed by atoms with Crippen molar-refractivity contribution in [1.29, 1.82) is 0 Å². The van der Waals surface area contributed by atoms with Crippen molar-refractivity contribution in [2.45, 2.75) is 46.6 Å². The maximum Gasteiger partial charge on any atom is 0.232 e. The number of carbonyl (C=O) groups excluding carboxylic acids is 1. The molecule has 0 radical (unpaired) electrons. The first-order valence-corrected chi connectivity index (χ1v) is 11.9. The zero-order chi connectivity index (χ0) is 22.5. The first-order chi connectivity index (χ1) is 14.0. The van der Waals surface area contributed by atoms with Gasteiger partial charge in [-0.15, -0.1) is 0 Å². The third-order valence-corrected chi connectivity index (χ3v) is 6.45. The van der Waals surface area contributed by atoms with Gasteiger partial charge in [-0.05, 0) is 80.6 Å². The topological polar surface area (TPSA) is 75.7 Å². The Bertz CT molecular complexity index is 985. The molecule has 0 unspecified atom stereocenters. The fourth-order valence-electron chi connectivity index (χ4n) is 3.46. The Morgan fingerprint density at radius 1 is 1.07 bits per heavy atom. The molecule has 0 heterocycles. The molecule has 1 atom stereocenters. The number of anilines is 1. The summed E-state index contributed by atoms with van der Waals surface area (Å²) in [5.41, 5.74) is 5.23. The largest absolute Gasteiger partial charge is 0.497 e. The summed E-state index contributed by atoms with van der Waals surface area (Å²) >= 11 is 0. The lowest BCUT2D eigenvalue weighted by Crippen LogP contribution is -2.32. The number of amides is 1. The minimum absolute atomic E-state index is 0.0942. The van der Waals surface area contributed by atoms with Gasteiger partial charge in [-0.2, -0.15) is 0 Å². The summed E-state index contributed by atoms with van der Waals surface area (Å²) in [6.45, 7) is 8.38. The van der Waals surface area contributed by atoms with Crippen LogP contribution in [0.5, 0.6) is 5.75 Å². The second kappa shape index (κ2) is 9.98. The van der Waals surface area contributed by atoms with E-state index in [9.17, 15) is 13.2 Å². The molecule has 2 aromatic rings. The van der Waals surface area contributed by atoms with Crippen LogP contribution in [0.4, 0.5) is 5.69 Å². The van der Waals surface area contributed by atoms with Crippen molar-refractivity contribution < 1.29 is 17.9 Å². The first-order valence-electron chi connectivity index (χ1n) is 10.0. The average molecular weight is 433 g/mol. The maximum atomic E-state index is 12.4. The molecule has 2 rings (SSSR count). The molecule has 30 heavy (non-hydrogen) atoms. The van der Waals surface area contributed by atoms with Crippen molar-refractivity contribution in [1.82, 2.24) is 5.32 Å². The molecule has 0 aliphatic heterocycles. The van der Waals surface area contributed by atoms with Gasteiger partial charge in [0.15, 0.2) is 0 Å². The highest BCUT2D eigenvalue weighted by molar-refractivity contribution is 7.92. The molecule has 0 saturated carbocycles. The van der Waals surface area contributed by atoms with E-state index in [2.05, 4.69) is 31.3 Å². The SMILES string of the molecule is COc1ccc(N(CCCC(=O)N[C@H](C)c2cc(C)c(C)cc2C)S(C)(=O)=O)cc1. The molecule has 0 aromatic heterocycles. The van der Waals surface area contributed by atoms with Crippen LogP contribution in [0, 0.1) is 20.8 Å². The molecular weight excluding hydrogens is 400 g/mol. The molecule has 0 saturated heterocycles. The number of benzene rings is 2. The minimum atomic E-state index is -3.46. The van der Waals surface area contributed by atoms with Gasteiger partial charge in [0.2, 0.25) is 15.9 Å². The van der Waals surface area contributed by atoms with Gasteiger partial charge in [-0.25, -0.2) is 8.42 Å². The minimum Gasteiger partial charge on any atom is -0.497 e. The third-order valence-electron chi connectivity index (χ3n) is 5.25. The third kappa shape index (κ3) is 6.23. The smallest absolute Gasteiger partial charge is 0.232 e. The number of nitrogens with one attached hydrogen (secondary N) is 1. The van der Waals surface area contributed by atoms with E-state index < -0.39 is 10.0 Å². The van der Waals surface area contributed by atoms with Crippen LogP contribution in [0.15, 0.2) is 36.4 Å². The van der Waals surface area contributed by atoms with Crippen molar-refractivity contribution in [2.24, 2.45) is 0 Å². The number of rotatable bonds is 9. The molecule has 7 heteroatoms. The highest BCUT2D eigenvalue weighted by Crippen LogP contribution is 2.23. The first kappa shape index (κ1) is 23.7. The van der Waals surface area contributed by atoms with Crippen molar-refractivity contribution >= 4 is 21.6 Å². The van der Waals surface area contributed by atoms with Crippen molar-refractivity contribution in [3.8, 4) is 5.75 Å². The molecule has 164 valence electrons. The number of ether oxygens (including phenoxy) is 1. The lowest BCUT2D eigenvalue weighted by Gasteiger charge is -2.23.